The highest BCUT2D eigenvalue weighted by Crippen LogP contribution is 2.36. The number of rotatable bonds is 2. The molecule has 4 rings (SSSR count). The van der Waals surface area contributed by atoms with Gasteiger partial charge in [0.1, 0.15) is 16.9 Å². The average molecular weight is 371 g/mol. The fourth-order valence-corrected chi connectivity index (χ4v) is 2.82. The van der Waals surface area contributed by atoms with E-state index in [0.717, 1.165) is 0 Å². The van der Waals surface area contributed by atoms with Gasteiger partial charge < -0.3 is 19.8 Å². The van der Waals surface area contributed by atoms with Crippen LogP contribution in [0.2, 0.25) is 5.02 Å². The van der Waals surface area contributed by atoms with Gasteiger partial charge in [-0.25, -0.2) is 4.79 Å². The number of benzene rings is 2. The third-order valence-electron chi connectivity index (χ3n) is 3.84. The van der Waals surface area contributed by atoms with Gasteiger partial charge in [-0.15, -0.1) is 0 Å². The van der Waals surface area contributed by atoms with Crippen molar-refractivity contribution in [2.24, 2.45) is 0 Å². The second-order valence-electron chi connectivity index (χ2n) is 5.60. The molecule has 2 heterocycles. The number of carbonyl (C=O) groups excluding carboxylic acids is 2. The second-order valence-corrected chi connectivity index (χ2v) is 6.01. The van der Waals surface area contributed by atoms with Crippen LogP contribution in [-0.4, -0.2) is 18.4 Å². The van der Waals surface area contributed by atoms with E-state index in [1.807, 2.05) is 0 Å². The molecule has 130 valence electrons. The van der Waals surface area contributed by atoms with Crippen molar-refractivity contribution in [2.45, 2.75) is 0 Å². The molecule has 0 atom stereocenters. The lowest BCUT2D eigenvalue weighted by Gasteiger charge is -2.19. The molecule has 2 amide bonds. The van der Waals surface area contributed by atoms with Crippen molar-refractivity contribution in [2.75, 3.05) is 17.2 Å². The normalized spacial score (nSPS) is 12.9. The molecule has 1 aliphatic rings. The van der Waals surface area contributed by atoms with Crippen molar-refractivity contribution in [1.29, 1.82) is 0 Å². The standard InChI is InChI=1S/C18H11ClN2O5/c19-11-6-13-15(25-8-16(22)20-13)7-12(11)21-17(23)10-5-9-3-1-2-4-14(9)26-18(10)24/h1-7H,8H2,(H,20,22)(H,21,23). The Morgan fingerprint density at radius 3 is 2.81 bits per heavy atom. The molecule has 8 heteroatoms. The van der Waals surface area contributed by atoms with Crippen molar-refractivity contribution in [1.82, 2.24) is 0 Å². The number of fused-ring (bicyclic) bond motifs is 2. The summed E-state index contributed by atoms with van der Waals surface area (Å²) >= 11 is 6.15. The van der Waals surface area contributed by atoms with E-state index in [4.69, 9.17) is 20.8 Å². The Balaban J connectivity index is 1.68. The van der Waals surface area contributed by atoms with Crippen LogP contribution in [0.3, 0.4) is 0 Å². The van der Waals surface area contributed by atoms with Crippen LogP contribution in [0.15, 0.2) is 51.7 Å². The van der Waals surface area contributed by atoms with Gasteiger partial charge in [-0.05, 0) is 18.2 Å². The minimum atomic E-state index is -0.751. The summed E-state index contributed by atoms with van der Waals surface area (Å²) in [7, 11) is 0. The van der Waals surface area contributed by atoms with Crippen molar-refractivity contribution in [3.05, 3.63) is 63.5 Å². The summed E-state index contributed by atoms with van der Waals surface area (Å²) in [5.41, 5.74) is 0.157. The number of hydrogen-bond acceptors (Lipinski definition) is 5. The predicted molar refractivity (Wildman–Crippen MR) is 96.0 cm³/mol. The van der Waals surface area contributed by atoms with E-state index >= 15 is 0 Å². The summed E-state index contributed by atoms with van der Waals surface area (Å²) in [6.07, 6.45) is 0. The number of halogens is 1. The van der Waals surface area contributed by atoms with Crippen molar-refractivity contribution in [3.8, 4) is 5.75 Å². The Kier molecular flexibility index (Phi) is 3.85. The van der Waals surface area contributed by atoms with Gasteiger partial charge in [0.05, 0.1) is 16.4 Å². The summed E-state index contributed by atoms with van der Waals surface area (Å²) in [6, 6.07) is 11.3. The average Bonchev–Trinajstić information content (AvgIpc) is 2.62. The molecular formula is C18H11ClN2O5. The minimum absolute atomic E-state index is 0.129. The SMILES string of the molecule is O=C1COc2cc(NC(=O)c3cc4ccccc4oc3=O)c(Cl)cc2N1. The molecule has 1 aliphatic heterocycles. The third-order valence-corrected chi connectivity index (χ3v) is 4.15. The zero-order chi connectivity index (χ0) is 18.3. The first-order valence-electron chi connectivity index (χ1n) is 7.62. The Morgan fingerprint density at radius 2 is 1.96 bits per heavy atom. The van der Waals surface area contributed by atoms with Crippen LogP contribution < -0.4 is 21.0 Å². The van der Waals surface area contributed by atoms with E-state index in [2.05, 4.69) is 10.6 Å². The summed E-state index contributed by atoms with van der Waals surface area (Å²) in [4.78, 5) is 35.9. The van der Waals surface area contributed by atoms with E-state index in [-0.39, 0.29) is 28.8 Å². The number of anilines is 2. The zero-order valence-corrected chi connectivity index (χ0v) is 13.9. The fraction of sp³-hybridized carbons (Fsp3) is 0.0556. The van der Waals surface area contributed by atoms with Gasteiger partial charge in [0, 0.05) is 11.5 Å². The Hall–Kier alpha value is -3.32. The highest BCUT2D eigenvalue weighted by Gasteiger charge is 2.20. The summed E-state index contributed by atoms with van der Waals surface area (Å²) in [5, 5.41) is 6.00. The molecule has 7 nitrogen and oxygen atoms in total. The molecule has 3 aromatic rings. The highest BCUT2D eigenvalue weighted by molar-refractivity contribution is 6.34. The molecule has 1 aromatic heterocycles. The molecule has 26 heavy (non-hydrogen) atoms. The van der Waals surface area contributed by atoms with E-state index in [0.29, 0.717) is 22.4 Å². The lowest BCUT2D eigenvalue weighted by Crippen LogP contribution is -2.26. The van der Waals surface area contributed by atoms with Gasteiger partial charge in [0.2, 0.25) is 0 Å². The summed E-state index contributed by atoms with van der Waals surface area (Å²) in [5.74, 6) is -0.583. The van der Waals surface area contributed by atoms with Crippen LogP contribution >= 0.6 is 11.6 Å². The minimum Gasteiger partial charge on any atom is -0.482 e. The monoisotopic (exact) mass is 370 g/mol. The Labute approximate surface area is 151 Å². The highest BCUT2D eigenvalue weighted by atomic mass is 35.5. The lowest BCUT2D eigenvalue weighted by atomic mass is 10.1. The number of nitrogens with one attached hydrogen (secondary N) is 2. The first kappa shape index (κ1) is 16.2. The summed E-state index contributed by atoms with van der Waals surface area (Å²) < 4.78 is 10.5. The number of hydrogen-bond donors (Lipinski definition) is 2. The fourth-order valence-electron chi connectivity index (χ4n) is 2.61. The van der Waals surface area contributed by atoms with E-state index < -0.39 is 11.5 Å². The Bertz CT molecular complexity index is 1120. The van der Waals surface area contributed by atoms with Crippen LogP contribution in [0.25, 0.3) is 11.0 Å². The molecule has 0 bridgehead atoms. The van der Waals surface area contributed by atoms with Crippen LogP contribution in [-0.2, 0) is 4.79 Å². The zero-order valence-electron chi connectivity index (χ0n) is 13.2. The van der Waals surface area contributed by atoms with Gasteiger partial charge in [-0.2, -0.15) is 0 Å². The topological polar surface area (TPSA) is 97.6 Å². The first-order chi connectivity index (χ1) is 12.5. The molecule has 0 spiro atoms. The molecule has 0 unspecified atom stereocenters. The second kappa shape index (κ2) is 6.20. The summed E-state index contributed by atoms with van der Waals surface area (Å²) in [6.45, 7) is -0.129. The maximum Gasteiger partial charge on any atom is 0.349 e. The van der Waals surface area contributed by atoms with Crippen LogP contribution in [0.1, 0.15) is 10.4 Å². The maximum absolute atomic E-state index is 12.5. The van der Waals surface area contributed by atoms with Gasteiger partial charge in [0.25, 0.3) is 11.8 Å². The molecule has 2 N–H and O–H groups in total. The van der Waals surface area contributed by atoms with Gasteiger partial charge >= 0.3 is 5.63 Å². The van der Waals surface area contributed by atoms with Crippen molar-refractivity contribution < 1.29 is 18.7 Å². The molecule has 0 fully saturated rings. The Morgan fingerprint density at radius 1 is 1.15 bits per heavy atom. The van der Waals surface area contributed by atoms with Gasteiger partial charge in [0.15, 0.2) is 6.61 Å². The van der Waals surface area contributed by atoms with Crippen LogP contribution in [0, 0.1) is 0 Å². The number of carbonyl (C=O) groups is 2. The predicted octanol–water partition coefficient (Wildman–Crippen LogP) is 3.03. The van der Waals surface area contributed by atoms with Gasteiger partial charge in [-0.1, -0.05) is 29.8 Å². The third kappa shape index (κ3) is 2.89. The molecule has 2 aromatic carbocycles. The lowest BCUT2D eigenvalue weighted by molar-refractivity contribution is -0.118. The molecule has 0 saturated heterocycles. The molecule has 0 saturated carbocycles. The van der Waals surface area contributed by atoms with Gasteiger partial charge in [-0.3, -0.25) is 9.59 Å². The van der Waals surface area contributed by atoms with Crippen molar-refractivity contribution >= 4 is 45.8 Å². The number of para-hydroxylation sites is 1. The number of amides is 2. The van der Waals surface area contributed by atoms with E-state index in [9.17, 15) is 14.4 Å². The quantitative estimate of drug-likeness (QED) is 0.676. The van der Waals surface area contributed by atoms with Crippen LogP contribution in [0.4, 0.5) is 11.4 Å². The van der Waals surface area contributed by atoms with Crippen LogP contribution in [0.5, 0.6) is 5.75 Å². The maximum atomic E-state index is 12.5. The first-order valence-corrected chi connectivity index (χ1v) is 7.99. The molecular weight excluding hydrogens is 360 g/mol. The molecule has 0 aliphatic carbocycles. The van der Waals surface area contributed by atoms with E-state index in [1.165, 1.54) is 18.2 Å². The van der Waals surface area contributed by atoms with E-state index in [1.54, 1.807) is 24.3 Å². The number of ether oxygens (including phenoxy) is 1. The van der Waals surface area contributed by atoms with Crippen molar-refractivity contribution in [3.63, 3.8) is 0 Å². The molecule has 0 radical (unpaired) electrons. The largest absolute Gasteiger partial charge is 0.482 e. The smallest absolute Gasteiger partial charge is 0.349 e.